The molecule has 3 heterocycles. The van der Waals surface area contributed by atoms with Crippen molar-refractivity contribution in [3.63, 3.8) is 0 Å². The molecular formula is C23H33N3O2S+2. The molecule has 0 unspecified atom stereocenters. The van der Waals surface area contributed by atoms with Gasteiger partial charge in [0, 0.05) is 17.4 Å². The van der Waals surface area contributed by atoms with Gasteiger partial charge in [0.1, 0.15) is 32.7 Å². The number of quaternary nitrogens is 2. The van der Waals surface area contributed by atoms with E-state index in [1.54, 1.807) is 9.21 Å². The van der Waals surface area contributed by atoms with Crippen LogP contribution in [-0.2, 0) is 23.0 Å². The molecule has 1 spiro atoms. The molecule has 5 rings (SSSR count). The Labute approximate surface area is 174 Å². The smallest absolute Gasteiger partial charge is 0.265 e. The molecule has 5 nitrogen and oxygen atoms in total. The maximum absolute atomic E-state index is 13.7. The second-order valence-electron chi connectivity index (χ2n) is 10.0. The molecule has 1 fully saturated rings. The monoisotopic (exact) mass is 415 g/mol. The molecule has 0 radical (unpaired) electrons. The van der Waals surface area contributed by atoms with Gasteiger partial charge in [-0.1, -0.05) is 19.1 Å². The lowest BCUT2D eigenvalue weighted by Gasteiger charge is -2.45. The van der Waals surface area contributed by atoms with Crippen LogP contribution in [0.1, 0.15) is 38.3 Å². The zero-order valence-electron chi connectivity index (χ0n) is 18.1. The van der Waals surface area contributed by atoms with Crippen molar-refractivity contribution in [3.8, 4) is 0 Å². The van der Waals surface area contributed by atoms with Crippen LogP contribution in [0.25, 0.3) is 10.8 Å². The number of hydrogen-bond acceptors (Lipinski definition) is 2. The van der Waals surface area contributed by atoms with Gasteiger partial charge in [0.05, 0.1) is 29.7 Å². The third-order valence-corrected chi connectivity index (χ3v) is 9.88. The summed E-state index contributed by atoms with van der Waals surface area (Å²) in [6, 6.07) is 8.20. The van der Waals surface area contributed by atoms with Crippen LogP contribution in [0.15, 0.2) is 29.2 Å². The molecule has 3 aliphatic rings. The van der Waals surface area contributed by atoms with Gasteiger partial charge in [-0.3, -0.25) is 4.31 Å². The number of anilines is 1. The average molecular weight is 416 g/mol. The van der Waals surface area contributed by atoms with Crippen LogP contribution >= 0.6 is 0 Å². The molecule has 29 heavy (non-hydrogen) atoms. The van der Waals surface area contributed by atoms with Crippen LogP contribution in [0.5, 0.6) is 0 Å². The topological polar surface area (TPSA) is 41.8 Å². The first-order valence-corrected chi connectivity index (χ1v) is 12.4. The highest BCUT2D eigenvalue weighted by molar-refractivity contribution is 7.93. The summed E-state index contributed by atoms with van der Waals surface area (Å²) in [4.78, 5) is 2.14. The Morgan fingerprint density at radius 1 is 1.17 bits per heavy atom. The van der Waals surface area contributed by atoms with Crippen LogP contribution in [0.2, 0.25) is 0 Å². The van der Waals surface area contributed by atoms with Crippen molar-refractivity contribution in [2.45, 2.75) is 50.6 Å². The van der Waals surface area contributed by atoms with Crippen LogP contribution in [0.3, 0.4) is 0 Å². The van der Waals surface area contributed by atoms with E-state index in [2.05, 4.69) is 20.0 Å². The normalized spacial score (nSPS) is 28.1. The molecule has 2 aromatic carbocycles. The zero-order chi connectivity index (χ0) is 20.6. The second kappa shape index (κ2) is 6.19. The molecule has 1 saturated heterocycles. The van der Waals surface area contributed by atoms with Gasteiger partial charge in [0.2, 0.25) is 0 Å². The van der Waals surface area contributed by atoms with Crippen molar-refractivity contribution in [3.05, 3.63) is 35.4 Å². The minimum Gasteiger partial charge on any atom is -0.328 e. The number of hydrogen-bond donors (Lipinski definition) is 1. The summed E-state index contributed by atoms with van der Waals surface area (Å²) in [6.45, 7) is 13.1. The number of nitrogens with zero attached hydrogens (tertiary/aromatic N) is 2. The lowest BCUT2D eigenvalue weighted by molar-refractivity contribution is -1.02. The third kappa shape index (κ3) is 2.69. The summed E-state index contributed by atoms with van der Waals surface area (Å²) in [5.41, 5.74) is 3.06. The number of rotatable bonds is 2. The van der Waals surface area contributed by atoms with Gasteiger partial charge in [0.15, 0.2) is 0 Å². The first-order valence-electron chi connectivity index (χ1n) is 11.0. The first kappa shape index (κ1) is 19.3. The summed E-state index contributed by atoms with van der Waals surface area (Å²) in [5, 5.41) is 2.11. The third-order valence-electron chi connectivity index (χ3n) is 7.83. The van der Waals surface area contributed by atoms with Crippen molar-refractivity contribution in [2.75, 3.05) is 44.1 Å². The quantitative estimate of drug-likeness (QED) is 0.762. The number of sulfonamides is 1. The predicted octanol–water partition coefficient (Wildman–Crippen LogP) is 1.94. The van der Waals surface area contributed by atoms with E-state index in [4.69, 9.17) is 0 Å². The summed E-state index contributed by atoms with van der Waals surface area (Å²) in [7, 11) is -1.25. The predicted molar refractivity (Wildman–Crippen MR) is 117 cm³/mol. The summed E-state index contributed by atoms with van der Waals surface area (Å²) >= 11 is 0. The molecule has 0 saturated carbocycles. The first-order chi connectivity index (χ1) is 13.7. The fourth-order valence-corrected chi connectivity index (χ4v) is 7.79. The van der Waals surface area contributed by atoms with Crippen molar-refractivity contribution < 1.29 is 17.8 Å². The number of piperazine rings is 1. The van der Waals surface area contributed by atoms with Gasteiger partial charge in [0.25, 0.3) is 10.0 Å². The van der Waals surface area contributed by atoms with Gasteiger partial charge in [-0.2, -0.15) is 0 Å². The summed E-state index contributed by atoms with van der Waals surface area (Å²) < 4.78 is 30.2. The Morgan fingerprint density at radius 3 is 2.59 bits per heavy atom. The lowest BCUT2D eigenvalue weighted by atomic mass is 9.90. The van der Waals surface area contributed by atoms with E-state index in [9.17, 15) is 8.42 Å². The van der Waals surface area contributed by atoms with E-state index in [0.717, 1.165) is 40.3 Å². The Hall–Kier alpha value is -1.63. The van der Waals surface area contributed by atoms with Crippen LogP contribution < -0.4 is 9.21 Å². The number of nitrogens with one attached hydrogen (secondary N) is 1. The second-order valence-corrected chi connectivity index (χ2v) is 11.8. The van der Waals surface area contributed by atoms with Crippen molar-refractivity contribution >= 4 is 26.5 Å². The lowest BCUT2D eigenvalue weighted by Crippen LogP contribution is -3.12. The van der Waals surface area contributed by atoms with Crippen LogP contribution in [-0.4, -0.2) is 58.2 Å². The molecule has 0 aliphatic carbocycles. The largest absolute Gasteiger partial charge is 0.328 e. The molecule has 156 valence electrons. The SMILES string of the molecule is CCC(C)(C)N1c2cccc3c4c(cc(c23)S1(=O)=O)C[N+]1(CC4)CC[NH+](C)CC1. The molecule has 0 atom stereocenters. The van der Waals surface area contributed by atoms with Gasteiger partial charge in [-0.15, -0.1) is 0 Å². The van der Waals surface area contributed by atoms with Gasteiger partial charge in [-0.05, 0) is 43.4 Å². The van der Waals surface area contributed by atoms with E-state index in [1.807, 2.05) is 32.0 Å². The Bertz CT molecular complexity index is 1100. The Balaban J connectivity index is 1.69. The number of fused-ring (bicyclic) bond motifs is 2. The minimum absolute atomic E-state index is 0.444. The standard InChI is InChI=1S/C23H32N3O2S/c1-5-23(2,3)25-20-8-6-7-19-18-9-12-26(13-10-24(4)11-14-26)16-17(18)15-21(22(19)20)29(25,27)28/h6-8,15H,5,9-14,16H2,1-4H3/q+1/p+1. The van der Waals surface area contributed by atoms with Gasteiger partial charge < -0.3 is 9.38 Å². The van der Waals surface area contributed by atoms with Crippen molar-refractivity contribution in [2.24, 2.45) is 0 Å². The van der Waals surface area contributed by atoms with E-state index in [-0.39, 0.29) is 0 Å². The fourth-order valence-electron chi connectivity index (χ4n) is 5.64. The maximum atomic E-state index is 13.7. The van der Waals surface area contributed by atoms with Gasteiger partial charge in [-0.25, -0.2) is 8.42 Å². The molecule has 3 aliphatic heterocycles. The van der Waals surface area contributed by atoms with Crippen LogP contribution in [0.4, 0.5) is 5.69 Å². The van der Waals surface area contributed by atoms with E-state index in [1.165, 1.54) is 43.9 Å². The molecule has 1 N–H and O–H groups in total. The zero-order valence-corrected chi connectivity index (χ0v) is 18.9. The molecule has 6 heteroatoms. The van der Waals surface area contributed by atoms with Crippen LogP contribution in [0, 0.1) is 0 Å². The van der Waals surface area contributed by atoms with E-state index < -0.39 is 15.6 Å². The highest BCUT2D eigenvalue weighted by Gasteiger charge is 2.45. The average Bonchev–Trinajstić information content (AvgIpc) is 2.92. The Kier molecular flexibility index (Phi) is 4.13. The summed E-state index contributed by atoms with van der Waals surface area (Å²) in [5.74, 6) is 0. The van der Waals surface area contributed by atoms with Gasteiger partial charge >= 0.3 is 0 Å². The molecule has 2 aromatic rings. The van der Waals surface area contributed by atoms with Crippen molar-refractivity contribution in [1.29, 1.82) is 0 Å². The Morgan fingerprint density at radius 2 is 1.90 bits per heavy atom. The maximum Gasteiger partial charge on any atom is 0.265 e. The molecule has 0 amide bonds. The molecular weight excluding hydrogens is 382 g/mol. The molecule has 0 aromatic heterocycles. The van der Waals surface area contributed by atoms with E-state index in [0.29, 0.717) is 4.90 Å². The minimum atomic E-state index is -3.53. The highest BCUT2D eigenvalue weighted by Crippen LogP contribution is 2.48. The number of likely N-dealkylation sites (N-methyl/N-ethyl adjacent to an activating group) is 1. The summed E-state index contributed by atoms with van der Waals surface area (Å²) in [6.07, 6.45) is 1.82. The number of benzene rings is 2. The fraction of sp³-hybridized carbons (Fsp3) is 0.565. The van der Waals surface area contributed by atoms with E-state index >= 15 is 0 Å². The van der Waals surface area contributed by atoms with Crippen molar-refractivity contribution in [1.82, 2.24) is 0 Å². The molecule has 0 bridgehead atoms. The highest BCUT2D eigenvalue weighted by atomic mass is 32.2.